The molecule has 0 aliphatic carbocycles. The predicted octanol–water partition coefficient (Wildman–Crippen LogP) is 1.28. The van der Waals surface area contributed by atoms with Crippen molar-refractivity contribution >= 4 is 30.7 Å². The van der Waals surface area contributed by atoms with Gasteiger partial charge in [0.1, 0.15) is 5.69 Å². The number of aryl methyl sites for hydroxylation is 1. The normalized spacial score (nSPS) is 14.5. The van der Waals surface area contributed by atoms with Gasteiger partial charge in [-0.25, -0.2) is 4.98 Å². The minimum absolute atomic E-state index is 0. The molecule has 1 aliphatic heterocycles. The lowest BCUT2D eigenvalue weighted by Gasteiger charge is -2.27. The van der Waals surface area contributed by atoms with Crippen molar-refractivity contribution in [2.45, 2.75) is 6.92 Å². The quantitative estimate of drug-likeness (QED) is 0.841. The molecular formula is C11H17Cl2N3O. The first kappa shape index (κ1) is 16.2. The number of aromatic nitrogens is 1. The molecule has 0 bridgehead atoms. The maximum atomic E-state index is 12.0. The van der Waals surface area contributed by atoms with Crippen molar-refractivity contribution in [2.75, 3.05) is 26.2 Å². The number of hydrogen-bond acceptors (Lipinski definition) is 3. The third kappa shape index (κ3) is 4.15. The van der Waals surface area contributed by atoms with Crippen LogP contribution in [-0.4, -0.2) is 42.0 Å². The van der Waals surface area contributed by atoms with Gasteiger partial charge in [0, 0.05) is 31.9 Å². The SMILES string of the molecule is Cc1cccc(C(=O)N2CCNCC2)n1.Cl.Cl. The van der Waals surface area contributed by atoms with E-state index in [9.17, 15) is 4.79 Å². The molecule has 96 valence electrons. The molecule has 1 N–H and O–H groups in total. The lowest BCUT2D eigenvalue weighted by atomic mass is 10.2. The number of nitrogens with zero attached hydrogens (tertiary/aromatic N) is 2. The molecule has 17 heavy (non-hydrogen) atoms. The van der Waals surface area contributed by atoms with Crippen LogP contribution in [-0.2, 0) is 0 Å². The van der Waals surface area contributed by atoms with Gasteiger partial charge in [-0.3, -0.25) is 4.79 Å². The van der Waals surface area contributed by atoms with Crippen LogP contribution < -0.4 is 5.32 Å². The highest BCUT2D eigenvalue weighted by molar-refractivity contribution is 5.92. The Morgan fingerprint density at radius 3 is 2.53 bits per heavy atom. The van der Waals surface area contributed by atoms with Gasteiger partial charge in [-0.15, -0.1) is 24.8 Å². The van der Waals surface area contributed by atoms with Crippen molar-refractivity contribution in [3.63, 3.8) is 0 Å². The Morgan fingerprint density at radius 2 is 1.94 bits per heavy atom. The number of carbonyl (C=O) groups excluding carboxylic acids is 1. The van der Waals surface area contributed by atoms with Crippen LogP contribution in [0.4, 0.5) is 0 Å². The van der Waals surface area contributed by atoms with Gasteiger partial charge in [0.25, 0.3) is 5.91 Å². The maximum absolute atomic E-state index is 12.0. The fraction of sp³-hybridized carbons (Fsp3) is 0.455. The van der Waals surface area contributed by atoms with Crippen molar-refractivity contribution in [1.82, 2.24) is 15.2 Å². The summed E-state index contributed by atoms with van der Waals surface area (Å²) in [5.41, 5.74) is 1.44. The van der Waals surface area contributed by atoms with Crippen molar-refractivity contribution < 1.29 is 4.79 Å². The summed E-state index contributed by atoms with van der Waals surface area (Å²) in [6.07, 6.45) is 0. The summed E-state index contributed by atoms with van der Waals surface area (Å²) in [5.74, 6) is 0.0419. The van der Waals surface area contributed by atoms with Crippen LogP contribution in [0.15, 0.2) is 18.2 Å². The van der Waals surface area contributed by atoms with Gasteiger partial charge in [0.2, 0.25) is 0 Å². The van der Waals surface area contributed by atoms with Crippen molar-refractivity contribution in [3.8, 4) is 0 Å². The zero-order valence-corrected chi connectivity index (χ0v) is 11.3. The van der Waals surface area contributed by atoms with E-state index < -0.39 is 0 Å². The van der Waals surface area contributed by atoms with Gasteiger partial charge in [-0.2, -0.15) is 0 Å². The largest absolute Gasteiger partial charge is 0.335 e. The summed E-state index contributed by atoms with van der Waals surface area (Å²) in [4.78, 5) is 18.1. The Kier molecular flexibility index (Phi) is 7.11. The fourth-order valence-electron chi connectivity index (χ4n) is 1.69. The van der Waals surface area contributed by atoms with Crippen LogP contribution in [0.2, 0.25) is 0 Å². The highest BCUT2D eigenvalue weighted by atomic mass is 35.5. The number of rotatable bonds is 1. The first-order chi connectivity index (χ1) is 7.27. The van der Waals surface area contributed by atoms with E-state index in [1.165, 1.54) is 0 Å². The van der Waals surface area contributed by atoms with Crippen LogP contribution in [0.5, 0.6) is 0 Å². The minimum atomic E-state index is 0. The first-order valence-electron chi connectivity index (χ1n) is 5.21. The number of halogens is 2. The Bertz CT molecular complexity index is 367. The van der Waals surface area contributed by atoms with Crippen LogP contribution >= 0.6 is 24.8 Å². The molecule has 0 radical (unpaired) electrons. The summed E-state index contributed by atoms with van der Waals surface area (Å²) >= 11 is 0. The number of pyridine rings is 1. The summed E-state index contributed by atoms with van der Waals surface area (Å²) < 4.78 is 0. The zero-order valence-electron chi connectivity index (χ0n) is 9.68. The van der Waals surface area contributed by atoms with E-state index in [2.05, 4.69) is 10.3 Å². The van der Waals surface area contributed by atoms with Gasteiger partial charge in [-0.05, 0) is 19.1 Å². The number of nitrogens with one attached hydrogen (secondary N) is 1. The number of hydrogen-bond donors (Lipinski definition) is 1. The molecule has 1 fully saturated rings. The Morgan fingerprint density at radius 1 is 1.29 bits per heavy atom. The third-order valence-corrected chi connectivity index (χ3v) is 2.51. The van der Waals surface area contributed by atoms with Crippen molar-refractivity contribution in [2.24, 2.45) is 0 Å². The molecule has 2 heterocycles. The molecule has 2 rings (SSSR count). The van der Waals surface area contributed by atoms with Gasteiger partial charge in [-0.1, -0.05) is 6.07 Å². The highest BCUT2D eigenvalue weighted by Crippen LogP contribution is 2.04. The van der Waals surface area contributed by atoms with Crippen molar-refractivity contribution in [1.29, 1.82) is 0 Å². The molecule has 0 atom stereocenters. The van der Waals surface area contributed by atoms with E-state index in [-0.39, 0.29) is 30.7 Å². The molecule has 1 aliphatic rings. The molecule has 6 heteroatoms. The molecule has 0 spiro atoms. The average Bonchev–Trinajstić information content (AvgIpc) is 2.29. The van der Waals surface area contributed by atoms with Crippen LogP contribution in [0.25, 0.3) is 0 Å². The molecule has 1 aromatic rings. The molecule has 0 saturated carbocycles. The van der Waals surface area contributed by atoms with E-state index in [4.69, 9.17) is 0 Å². The van der Waals surface area contributed by atoms with Gasteiger partial charge < -0.3 is 10.2 Å². The topological polar surface area (TPSA) is 45.2 Å². The molecule has 1 amide bonds. The Hall–Kier alpha value is -0.840. The smallest absolute Gasteiger partial charge is 0.272 e. The van der Waals surface area contributed by atoms with Crippen LogP contribution in [0, 0.1) is 6.92 Å². The second-order valence-electron chi connectivity index (χ2n) is 3.71. The lowest BCUT2D eigenvalue weighted by molar-refractivity contribution is 0.0729. The molecule has 1 aromatic heterocycles. The summed E-state index contributed by atoms with van der Waals surface area (Å²) in [5, 5.41) is 3.22. The standard InChI is InChI=1S/C11H15N3O.2ClH/c1-9-3-2-4-10(13-9)11(15)14-7-5-12-6-8-14;;/h2-4,12H,5-8H2,1H3;2*1H. The van der Waals surface area contributed by atoms with Crippen LogP contribution in [0.1, 0.15) is 16.2 Å². The molecule has 0 unspecified atom stereocenters. The molecular weight excluding hydrogens is 261 g/mol. The lowest BCUT2D eigenvalue weighted by Crippen LogP contribution is -2.46. The van der Waals surface area contributed by atoms with E-state index in [1.54, 1.807) is 6.07 Å². The summed E-state index contributed by atoms with van der Waals surface area (Å²) in [6, 6.07) is 5.55. The first-order valence-corrected chi connectivity index (χ1v) is 5.21. The van der Waals surface area contributed by atoms with Gasteiger partial charge in [0.05, 0.1) is 0 Å². The summed E-state index contributed by atoms with van der Waals surface area (Å²) in [7, 11) is 0. The minimum Gasteiger partial charge on any atom is -0.335 e. The number of carbonyl (C=O) groups is 1. The monoisotopic (exact) mass is 277 g/mol. The second kappa shape index (κ2) is 7.48. The molecule has 4 nitrogen and oxygen atoms in total. The fourth-order valence-corrected chi connectivity index (χ4v) is 1.69. The second-order valence-corrected chi connectivity index (χ2v) is 3.71. The van der Waals surface area contributed by atoms with Gasteiger partial charge >= 0.3 is 0 Å². The van der Waals surface area contributed by atoms with E-state index >= 15 is 0 Å². The van der Waals surface area contributed by atoms with E-state index in [1.807, 2.05) is 24.0 Å². The third-order valence-electron chi connectivity index (χ3n) is 2.51. The number of piperazine rings is 1. The van der Waals surface area contributed by atoms with E-state index in [0.29, 0.717) is 5.69 Å². The highest BCUT2D eigenvalue weighted by Gasteiger charge is 2.18. The molecule has 0 aromatic carbocycles. The average molecular weight is 278 g/mol. The summed E-state index contributed by atoms with van der Waals surface area (Å²) in [6.45, 7) is 5.19. The Balaban J connectivity index is 0.00000128. The van der Waals surface area contributed by atoms with Crippen LogP contribution in [0.3, 0.4) is 0 Å². The van der Waals surface area contributed by atoms with Crippen molar-refractivity contribution in [3.05, 3.63) is 29.6 Å². The van der Waals surface area contributed by atoms with Gasteiger partial charge in [0.15, 0.2) is 0 Å². The Labute approximate surface area is 114 Å². The maximum Gasteiger partial charge on any atom is 0.272 e. The number of amides is 1. The predicted molar refractivity (Wildman–Crippen MR) is 72.2 cm³/mol. The van der Waals surface area contributed by atoms with E-state index in [0.717, 1.165) is 31.9 Å². The zero-order chi connectivity index (χ0) is 10.7. The molecule has 1 saturated heterocycles.